The molecule has 1 aliphatic heterocycles. The Labute approximate surface area is 179 Å². The SMILES string of the molecule is CCNC(=O)c1ccc2c(C(=O)C3C(C)(C)C3(C)C)cn(CC3CCOCC3)c2c1. The molecule has 0 spiro atoms. The monoisotopic (exact) mass is 410 g/mol. The van der Waals surface area contributed by atoms with Crippen molar-refractivity contribution in [2.45, 2.75) is 54.0 Å². The molecule has 162 valence electrons. The van der Waals surface area contributed by atoms with Crippen LogP contribution >= 0.6 is 0 Å². The van der Waals surface area contributed by atoms with Crippen molar-refractivity contribution >= 4 is 22.6 Å². The number of ketones is 1. The molecule has 2 aromatic rings. The van der Waals surface area contributed by atoms with E-state index in [1.165, 1.54) is 0 Å². The maximum Gasteiger partial charge on any atom is 0.251 e. The zero-order chi connectivity index (χ0) is 21.7. The van der Waals surface area contributed by atoms with Crippen molar-refractivity contribution < 1.29 is 14.3 Å². The number of carbonyl (C=O) groups excluding carboxylic acids is 2. The predicted molar refractivity (Wildman–Crippen MR) is 119 cm³/mol. The van der Waals surface area contributed by atoms with Crippen LogP contribution in [0.15, 0.2) is 24.4 Å². The molecule has 1 N–H and O–H groups in total. The van der Waals surface area contributed by atoms with Gasteiger partial charge in [0.1, 0.15) is 0 Å². The van der Waals surface area contributed by atoms with Crippen LogP contribution in [0.25, 0.3) is 10.9 Å². The van der Waals surface area contributed by atoms with E-state index >= 15 is 0 Å². The first-order valence-corrected chi connectivity index (χ1v) is 11.2. The molecule has 0 bridgehead atoms. The van der Waals surface area contributed by atoms with E-state index in [2.05, 4.69) is 37.6 Å². The topological polar surface area (TPSA) is 60.3 Å². The van der Waals surface area contributed by atoms with Crippen molar-refractivity contribution in [3.8, 4) is 0 Å². The molecular formula is C25H34N2O3. The molecule has 2 heterocycles. The minimum absolute atomic E-state index is 0.000166. The molecule has 0 radical (unpaired) electrons. The van der Waals surface area contributed by atoms with Crippen LogP contribution in [0.3, 0.4) is 0 Å². The lowest BCUT2D eigenvalue weighted by Crippen LogP contribution is -2.22. The number of rotatable bonds is 6. The van der Waals surface area contributed by atoms with E-state index in [0.29, 0.717) is 18.0 Å². The molecule has 1 amide bonds. The number of nitrogens with zero attached hydrogens (tertiary/aromatic N) is 1. The normalized spacial score (nSPS) is 21.0. The average Bonchev–Trinajstić information content (AvgIpc) is 2.97. The van der Waals surface area contributed by atoms with Crippen LogP contribution < -0.4 is 5.32 Å². The van der Waals surface area contributed by atoms with Gasteiger partial charge in [-0.15, -0.1) is 0 Å². The Balaban J connectivity index is 1.75. The largest absolute Gasteiger partial charge is 0.381 e. The van der Waals surface area contributed by atoms with Crippen LogP contribution in [0.2, 0.25) is 0 Å². The molecule has 1 saturated heterocycles. The van der Waals surface area contributed by atoms with Gasteiger partial charge in [0.05, 0.1) is 0 Å². The Morgan fingerprint density at radius 3 is 2.40 bits per heavy atom. The minimum atomic E-state index is -0.0736. The highest BCUT2D eigenvalue weighted by atomic mass is 16.5. The van der Waals surface area contributed by atoms with Gasteiger partial charge in [-0.3, -0.25) is 9.59 Å². The van der Waals surface area contributed by atoms with Gasteiger partial charge in [-0.2, -0.15) is 0 Å². The third kappa shape index (κ3) is 3.37. The molecule has 2 aliphatic rings. The molecule has 1 aliphatic carbocycles. The van der Waals surface area contributed by atoms with Gasteiger partial charge in [0.25, 0.3) is 5.91 Å². The first kappa shape index (κ1) is 21.1. The third-order valence-corrected chi connectivity index (χ3v) is 7.83. The average molecular weight is 411 g/mol. The highest BCUT2D eigenvalue weighted by molar-refractivity contribution is 6.12. The van der Waals surface area contributed by atoms with Gasteiger partial charge in [-0.1, -0.05) is 33.8 Å². The quantitative estimate of drug-likeness (QED) is 0.703. The maximum atomic E-state index is 13.6. The van der Waals surface area contributed by atoms with Crippen molar-refractivity contribution in [2.75, 3.05) is 19.8 Å². The van der Waals surface area contributed by atoms with Gasteiger partial charge in [-0.05, 0) is 48.6 Å². The molecule has 1 aromatic carbocycles. The first-order chi connectivity index (χ1) is 14.2. The lowest BCUT2D eigenvalue weighted by atomic mass is 10.00. The van der Waals surface area contributed by atoms with E-state index in [1.807, 2.05) is 31.3 Å². The summed E-state index contributed by atoms with van der Waals surface area (Å²) in [6.45, 7) is 13.7. The molecule has 5 heteroatoms. The van der Waals surface area contributed by atoms with Crippen molar-refractivity contribution in [3.05, 3.63) is 35.5 Å². The summed E-state index contributed by atoms with van der Waals surface area (Å²) in [6.07, 6.45) is 4.09. The van der Waals surface area contributed by atoms with Crippen LogP contribution in [-0.2, 0) is 11.3 Å². The Morgan fingerprint density at radius 2 is 1.80 bits per heavy atom. The second kappa shape index (κ2) is 7.52. The summed E-state index contributed by atoms with van der Waals surface area (Å²) in [6, 6.07) is 5.74. The van der Waals surface area contributed by atoms with Gasteiger partial charge >= 0.3 is 0 Å². The summed E-state index contributed by atoms with van der Waals surface area (Å²) in [5, 5.41) is 3.83. The highest BCUT2D eigenvalue weighted by Crippen LogP contribution is 2.69. The van der Waals surface area contributed by atoms with E-state index in [-0.39, 0.29) is 28.4 Å². The molecule has 0 unspecified atom stereocenters. The standard InChI is InChI=1S/C25H34N2O3/c1-6-26-23(29)17-7-8-18-19(21(28)22-24(2,3)25(22,4)5)15-27(20(18)13-17)14-16-9-11-30-12-10-16/h7-8,13,15-16,22H,6,9-12,14H2,1-5H3,(H,26,29). The summed E-state index contributed by atoms with van der Waals surface area (Å²) in [4.78, 5) is 26.0. The predicted octanol–water partition coefficient (Wildman–Crippen LogP) is 4.68. The second-order valence-electron chi connectivity index (χ2n) is 10.1. The molecular weight excluding hydrogens is 376 g/mol. The van der Waals surface area contributed by atoms with E-state index in [0.717, 1.165) is 49.1 Å². The van der Waals surface area contributed by atoms with Crippen LogP contribution in [0, 0.1) is 22.7 Å². The van der Waals surface area contributed by atoms with Gasteiger partial charge in [0.15, 0.2) is 5.78 Å². The molecule has 5 nitrogen and oxygen atoms in total. The lowest BCUT2D eigenvalue weighted by molar-refractivity contribution is 0.0616. The zero-order valence-corrected chi connectivity index (χ0v) is 18.9. The summed E-state index contributed by atoms with van der Waals surface area (Å²) in [7, 11) is 0. The molecule has 1 saturated carbocycles. The summed E-state index contributed by atoms with van der Waals surface area (Å²) < 4.78 is 7.71. The second-order valence-corrected chi connectivity index (χ2v) is 10.1. The van der Waals surface area contributed by atoms with E-state index in [1.54, 1.807) is 0 Å². The fourth-order valence-corrected chi connectivity index (χ4v) is 5.26. The Kier molecular flexibility index (Phi) is 5.29. The van der Waals surface area contributed by atoms with E-state index in [4.69, 9.17) is 4.74 Å². The van der Waals surface area contributed by atoms with Gasteiger partial charge in [0, 0.05) is 60.4 Å². The number of hydrogen-bond acceptors (Lipinski definition) is 3. The van der Waals surface area contributed by atoms with Crippen LogP contribution in [0.5, 0.6) is 0 Å². The van der Waals surface area contributed by atoms with E-state index in [9.17, 15) is 9.59 Å². The minimum Gasteiger partial charge on any atom is -0.381 e. The number of ether oxygens (including phenoxy) is 1. The number of fused-ring (bicyclic) bond motifs is 1. The van der Waals surface area contributed by atoms with Crippen molar-refractivity contribution in [3.63, 3.8) is 0 Å². The van der Waals surface area contributed by atoms with Crippen molar-refractivity contribution in [2.24, 2.45) is 22.7 Å². The third-order valence-electron chi connectivity index (χ3n) is 7.83. The number of amides is 1. The Morgan fingerprint density at radius 1 is 1.13 bits per heavy atom. The smallest absolute Gasteiger partial charge is 0.251 e. The summed E-state index contributed by atoms with van der Waals surface area (Å²) in [5.74, 6) is 0.705. The molecule has 4 rings (SSSR count). The van der Waals surface area contributed by atoms with E-state index < -0.39 is 0 Å². The Bertz CT molecular complexity index is 966. The van der Waals surface area contributed by atoms with Crippen molar-refractivity contribution in [1.82, 2.24) is 9.88 Å². The number of nitrogens with one attached hydrogen (secondary N) is 1. The number of carbonyl (C=O) groups is 2. The van der Waals surface area contributed by atoms with Crippen LogP contribution in [0.4, 0.5) is 0 Å². The van der Waals surface area contributed by atoms with Gasteiger partial charge < -0.3 is 14.6 Å². The number of aromatic nitrogens is 1. The Hall–Kier alpha value is -2.14. The van der Waals surface area contributed by atoms with Crippen LogP contribution in [0.1, 0.15) is 68.2 Å². The number of hydrogen-bond donors (Lipinski definition) is 1. The lowest BCUT2D eigenvalue weighted by Gasteiger charge is -2.22. The van der Waals surface area contributed by atoms with Crippen LogP contribution in [-0.4, -0.2) is 36.0 Å². The maximum absolute atomic E-state index is 13.6. The summed E-state index contributed by atoms with van der Waals surface area (Å²) in [5.41, 5.74) is 2.41. The number of benzene rings is 1. The fraction of sp³-hybridized carbons (Fsp3) is 0.600. The zero-order valence-electron chi connectivity index (χ0n) is 18.9. The summed E-state index contributed by atoms with van der Waals surface area (Å²) >= 11 is 0. The number of Topliss-reactive ketones (excluding diaryl/α,β-unsaturated/α-hetero) is 1. The molecule has 1 aromatic heterocycles. The van der Waals surface area contributed by atoms with Gasteiger partial charge in [-0.25, -0.2) is 0 Å². The fourth-order valence-electron chi connectivity index (χ4n) is 5.26. The highest BCUT2D eigenvalue weighted by Gasteiger charge is 2.68. The molecule has 2 fully saturated rings. The molecule has 30 heavy (non-hydrogen) atoms. The van der Waals surface area contributed by atoms with Gasteiger partial charge in [0.2, 0.25) is 0 Å². The van der Waals surface area contributed by atoms with Crippen molar-refractivity contribution in [1.29, 1.82) is 0 Å². The first-order valence-electron chi connectivity index (χ1n) is 11.2. The molecule has 0 atom stereocenters.